The topological polar surface area (TPSA) is 51.2 Å². The molecule has 0 spiro atoms. The van der Waals surface area contributed by atoms with Gasteiger partial charge < -0.3 is 10.1 Å². The second-order valence-corrected chi connectivity index (χ2v) is 4.73. The van der Waals surface area contributed by atoms with Crippen molar-refractivity contribution in [3.8, 4) is 0 Å². The Morgan fingerprint density at radius 2 is 2.16 bits per heavy atom. The van der Waals surface area contributed by atoms with Crippen LogP contribution in [-0.2, 0) is 4.74 Å². The number of carbonyl (C=O) groups excluding carboxylic acids is 1. The Morgan fingerprint density at radius 3 is 3.00 bits per heavy atom. The summed E-state index contributed by atoms with van der Waals surface area (Å²) in [6.07, 6.45) is 1.72. The number of pyridine rings is 1. The minimum atomic E-state index is -0.0963. The third-order valence-corrected chi connectivity index (χ3v) is 2.97. The molecule has 5 heteroatoms. The highest BCUT2D eigenvalue weighted by molar-refractivity contribution is 9.09. The average Bonchev–Trinajstić information content (AvgIpc) is 2.46. The van der Waals surface area contributed by atoms with Gasteiger partial charge in [-0.3, -0.25) is 9.78 Å². The minimum absolute atomic E-state index is 0.0963. The Labute approximate surface area is 120 Å². The van der Waals surface area contributed by atoms with Crippen LogP contribution in [0.4, 0.5) is 0 Å². The summed E-state index contributed by atoms with van der Waals surface area (Å²) in [6.45, 7) is 1.66. The van der Waals surface area contributed by atoms with E-state index in [0.29, 0.717) is 25.3 Å². The Morgan fingerprint density at radius 1 is 1.26 bits per heavy atom. The van der Waals surface area contributed by atoms with E-state index in [1.165, 1.54) is 0 Å². The van der Waals surface area contributed by atoms with Crippen molar-refractivity contribution in [1.82, 2.24) is 10.3 Å². The normalized spacial score (nSPS) is 10.6. The zero-order chi connectivity index (χ0) is 13.5. The lowest BCUT2D eigenvalue weighted by molar-refractivity contribution is 0.0925. The number of halogens is 1. The van der Waals surface area contributed by atoms with Gasteiger partial charge in [-0.1, -0.05) is 28.1 Å². The van der Waals surface area contributed by atoms with E-state index in [2.05, 4.69) is 26.2 Å². The number of fused-ring (bicyclic) bond motifs is 1. The number of rotatable bonds is 6. The quantitative estimate of drug-likeness (QED) is 0.656. The first-order valence-corrected chi connectivity index (χ1v) is 7.20. The maximum absolute atomic E-state index is 12.1. The van der Waals surface area contributed by atoms with Gasteiger partial charge in [-0.05, 0) is 18.2 Å². The van der Waals surface area contributed by atoms with Crippen LogP contribution in [0.25, 0.3) is 10.9 Å². The molecule has 0 fully saturated rings. The number of nitrogens with one attached hydrogen (secondary N) is 1. The number of carbonyl (C=O) groups is 1. The Balaban J connectivity index is 2.01. The summed E-state index contributed by atoms with van der Waals surface area (Å²) in [5, 5.41) is 4.51. The molecule has 2 rings (SSSR count). The van der Waals surface area contributed by atoms with Crippen LogP contribution in [-0.4, -0.2) is 36.0 Å². The first-order valence-electron chi connectivity index (χ1n) is 6.08. The van der Waals surface area contributed by atoms with Crippen molar-refractivity contribution in [3.05, 3.63) is 42.1 Å². The fourth-order valence-electron chi connectivity index (χ4n) is 1.79. The highest BCUT2D eigenvalue weighted by atomic mass is 79.9. The van der Waals surface area contributed by atoms with Crippen LogP contribution in [0.15, 0.2) is 36.5 Å². The summed E-state index contributed by atoms with van der Waals surface area (Å²) in [6, 6.07) is 9.27. The van der Waals surface area contributed by atoms with Gasteiger partial charge in [0.15, 0.2) is 0 Å². The first kappa shape index (κ1) is 14.0. The molecule has 0 unspecified atom stereocenters. The van der Waals surface area contributed by atoms with E-state index < -0.39 is 0 Å². The van der Waals surface area contributed by atoms with E-state index in [1.807, 2.05) is 24.3 Å². The molecule has 0 atom stereocenters. The number of alkyl halides is 1. The standard InChI is InChI=1S/C14H15BrN2O2/c15-6-9-19-10-8-17-14(18)12-3-1-5-13-11(12)4-2-7-16-13/h1-5,7H,6,8-10H2,(H,17,18). The van der Waals surface area contributed by atoms with Crippen molar-refractivity contribution in [2.24, 2.45) is 0 Å². The van der Waals surface area contributed by atoms with Crippen molar-refractivity contribution in [1.29, 1.82) is 0 Å². The number of benzene rings is 1. The lowest BCUT2D eigenvalue weighted by Crippen LogP contribution is -2.27. The van der Waals surface area contributed by atoms with Crippen LogP contribution in [0.3, 0.4) is 0 Å². The van der Waals surface area contributed by atoms with Gasteiger partial charge >= 0.3 is 0 Å². The lowest BCUT2D eigenvalue weighted by atomic mass is 10.1. The Bertz CT molecular complexity index is 555. The van der Waals surface area contributed by atoms with Crippen LogP contribution in [0, 0.1) is 0 Å². The summed E-state index contributed by atoms with van der Waals surface area (Å²) >= 11 is 3.27. The van der Waals surface area contributed by atoms with E-state index >= 15 is 0 Å². The minimum Gasteiger partial charge on any atom is -0.379 e. The van der Waals surface area contributed by atoms with Crippen molar-refractivity contribution >= 4 is 32.7 Å². The molecule has 1 aromatic heterocycles. The van der Waals surface area contributed by atoms with Crippen molar-refractivity contribution in [3.63, 3.8) is 0 Å². The molecule has 1 amide bonds. The molecule has 0 aliphatic rings. The van der Waals surface area contributed by atoms with Gasteiger partial charge in [-0.25, -0.2) is 0 Å². The first-order chi connectivity index (χ1) is 9.33. The summed E-state index contributed by atoms with van der Waals surface area (Å²) < 4.78 is 5.28. The summed E-state index contributed by atoms with van der Waals surface area (Å²) in [4.78, 5) is 16.3. The van der Waals surface area contributed by atoms with Crippen LogP contribution >= 0.6 is 15.9 Å². The van der Waals surface area contributed by atoms with E-state index in [1.54, 1.807) is 12.3 Å². The van der Waals surface area contributed by atoms with Crippen molar-refractivity contribution in [2.75, 3.05) is 25.1 Å². The van der Waals surface area contributed by atoms with Crippen molar-refractivity contribution in [2.45, 2.75) is 0 Å². The second-order valence-electron chi connectivity index (χ2n) is 3.93. The molecule has 1 heterocycles. The fraction of sp³-hybridized carbons (Fsp3) is 0.286. The van der Waals surface area contributed by atoms with Gasteiger partial charge in [0.25, 0.3) is 5.91 Å². The zero-order valence-electron chi connectivity index (χ0n) is 10.4. The van der Waals surface area contributed by atoms with Crippen LogP contribution < -0.4 is 5.32 Å². The van der Waals surface area contributed by atoms with Gasteiger partial charge in [0.05, 0.1) is 18.7 Å². The highest BCUT2D eigenvalue weighted by Gasteiger charge is 2.09. The fourth-order valence-corrected chi connectivity index (χ4v) is 2.02. The number of ether oxygens (including phenoxy) is 1. The molecule has 1 aromatic carbocycles. The number of amides is 1. The molecule has 0 radical (unpaired) electrons. The predicted molar refractivity (Wildman–Crippen MR) is 78.7 cm³/mol. The summed E-state index contributed by atoms with van der Waals surface area (Å²) in [7, 11) is 0. The van der Waals surface area contributed by atoms with Gasteiger partial charge in [-0.15, -0.1) is 0 Å². The molecule has 100 valence electrons. The molecule has 0 saturated carbocycles. The number of aromatic nitrogens is 1. The second kappa shape index (κ2) is 7.21. The maximum Gasteiger partial charge on any atom is 0.252 e. The Hall–Kier alpha value is -1.46. The van der Waals surface area contributed by atoms with Gasteiger partial charge in [0.1, 0.15) is 0 Å². The van der Waals surface area contributed by atoms with E-state index in [0.717, 1.165) is 16.2 Å². The largest absolute Gasteiger partial charge is 0.379 e. The molecule has 0 aliphatic carbocycles. The van der Waals surface area contributed by atoms with Crippen LogP contribution in [0.1, 0.15) is 10.4 Å². The summed E-state index contributed by atoms with van der Waals surface area (Å²) in [5.74, 6) is -0.0963. The van der Waals surface area contributed by atoms with E-state index in [9.17, 15) is 4.79 Å². The lowest BCUT2D eigenvalue weighted by Gasteiger charge is -2.07. The predicted octanol–water partition coefficient (Wildman–Crippen LogP) is 2.38. The molecule has 0 bridgehead atoms. The Kier molecular flexibility index (Phi) is 5.30. The number of nitrogens with zero attached hydrogens (tertiary/aromatic N) is 1. The average molecular weight is 323 g/mol. The van der Waals surface area contributed by atoms with Crippen LogP contribution in [0.2, 0.25) is 0 Å². The monoisotopic (exact) mass is 322 g/mol. The zero-order valence-corrected chi connectivity index (χ0v) is 12.0. The van der Waals surface area contributed by atoms with E-state index in [4.69, 9.17) is 4.74 Å². The van der Waals surface area contributed by atoms with Crippen molar-refractivity contribution < 1.29 is 9.53 Å². The smallest absolute Gasteiger partial charge is 0.252 e. The highest BCUT2D eigenvalue weighted by Crippen LogP contribution is 2.15. The van der Waals surface area contributed by atoms with Crippen LogP contribution in [0.5, 0.6) is 0 Å². The molecular formula is C14H15BrN2O2. The SMILES string of the molecule is O=C(NCCOCCBr)c1cccc2ncccc12. The summed E-state index contributed by atoms with van der Waals surface area (Å²) in [5.41, 5.74) is 1.47. The molecule has 1 N–H and O–H groups in total. The van der Waals surface area contributed by atoms with Gasteiger partial charge in [-0.2, -0.15) is 0 Å². The molecule has 0 aliphatic heterocycles. The number of hydrogen-bond donors (Lipinski definition) is 1. The molecular weight excluding hydrogens is 308 g/mol. The third-order valence-electron chi connectivity index (χ3n) is 2.64. The molecule has 2 aromatic rings. The van der Waals surface area contributed by atoms with E-state index in [-0.39, 0.29) is 5.91 Å². The van der Waals surface area contributed by atoms with Gasteiger partial charge in [0.2, 0.25) is 0 Å². The molecule has 0 saturated heterocycles. The third kappa shape index (κ3) is 3.75. The molecule has 4 nitrogen and oxygen atoms in total. The van der Waals surface area contributed by atoms with Gasteiger partial charge in [0, 0.05) is 29.0 Å². The maximum atomic E-state index is 12.1. The number of hydrogen-bond acceptors (Lipinski definition) is 3. The molecule has 19 heavy (non-hydrogen) atoms.